The van der Waals surface area contributed by atoms with Crippen LogP contribution in [-0.2, 0) is 11.3 Å². The second kappa shape index (κ2) is 8.89. The Balaban J connectivity index is 1.49. The molecule has 26 heavy (non-hydrogen) atoms. The first-order valence-corrected chi connectivity index (χ1v) is 9.83. The van der Waals surface area contributed by atoms with E-state index in [0.717, 1.165) is 35.7 Å². The third-order valence-electron chi connectivity index (χ3n) is 4.53. The summed E-state index contributed by atoms with van der Waals surface area (Å²) in [5.41, 5.74) is 1.24. The van der Waals surface area contributed by atoms with Crippen LogP contribution in [0.25, 0.3) is 0 Å². The van der Waals surface area contributed by atoms with E-state index in [9.17, 15) is 4.79 Å². The second-order valence-corrected chi connectivity index (χ2v) is 7.89. The molecule has 1 aliphatic rings. The number of benzene rings is 2. The summed E-state index contributed by atoms with van der Waals surface area (Å²) in [7, 11) is 0. The van der Waals surface area contributed by atoms with E-state index >= 15 is 0 Å². The van der Waals surface area contributed by atoms with Crippen molar-refractivity contribution >= 4 is 33.4 Å². The Labute approximate surface area is 167 Å². The lowest BCUT2D eigenvalue weighted by molar-refractivity contribution is -0.138. The Morgan fingerprint density at radius 3 is 2.50 bits per heavy atom. The molecular weight excluding hydrogens is 416 g/mol. The van der Waals surface area contributed by atoms with Crippen LogP contribution in [-0.4, -0.2) is 48.0 Å². The number of ether oxygens (including phenoxy) is 1. The zero-order valence-electron chi connectivity index (χ0n) is 14.7. The van der Waals surface area contributed by atoms with E-state index in [4.69, 9.17) is 16.3 Å². The number of piperazine rings is 1. The van der Waals surface area contributed by atoms with Gasteiger partial charge in [-0.3, -0.25) is 9.69 Å². The van der Waals surface area contributed by atoms with Crippen molar-refractivity contribution in [3.63, 3.8) is 0 Å². The van der Waals surface area contributed by atoms with E-state index in [1.54, 1.807) is 0 Å². The van der Waals surface area contributed by atoms with Gasteiger partial charge in [0.15, 0.2) is 6.61 Å². The number of amides is 1. The van der Waals surface area contributed by atoms with Gasteiger partial charge in [-0.15, -0.1) is 0 Å². The number of rotatable bonds is 5. The molecule has 0 aliphatic carbocycles. The normalized spacial score (nSPS) is 18.0. The summed E-state index contributed by atoms with van der Waals surface area (Å²) in [6, 6.07) is 15.6. The average Bonchev–Trinajstić information content (AvgIpc) is 2.63. The number of halogens is 2. The van der Waals surface area contributed by atoms with Gasteiger partial charge in [-0.1, -0.05) is 39.7 Å². The molecule has 138 valence electrons. The molecule has 0 N–H and O–H groups in total. The first kappa shape index (κ1) is 19.2. The molecule has 1 saturated heterocycles. The molecule has 1 aliphatic heterocycles. The van der Waals surface area contributed by atoms with Crippen LogP contribution >= 0.6 is 27.5 Å². The highest BCUT2D eigenvalue weighted by Crippen LogP contribution is 2.18. The lowest BCUT2D eigenvalue weighted by atomic mass is 10.1. The predicted octanol–water partition coefficient (Wildman–Crippen LogP) is 4.21. The lowest BCUT2D eigenvalue weighted by Crippen LogP contribution is -2.54. The van der Waals surface area contributed by atoms with E-state index in [1.807, 2.05) is 41.3 Å². The Bertz CT molecular complexity index is 736. The smallest absolute Gasteiger partial charge is 0.260 e. The lowest BCUT2D eigenvalue weighted by Gasteiger charge is -2.39. The van der Waals surface area contributed by atoms with Gasteiger partial charge in [0.2, 0.25) is 0 Å². The molecule has 4 nitrogen and oxygen atoms in total. The maximum absolute atomic E-state index is 12.5. The minimum atomic E-state index is 0.0339. The van der Waals surface area contributed by atoms with Gasteiger partial charge in [0.1, 0.15) is 5.75 Å². The van der Waals surface area contributed by atoms with Gasteiger partial charge in [-0.25, -0.2) is 0 Å². The number of hydrogen-bond donors (Lipinski definition) is 0. The van der Waals surface area contributed by atoms with Crippen LogP contribution in [0.2, 0.25) is 5.02 Å². The Morgan fingerprint density at radius 2 is 1.85 bits per heavy atom. The van der Waals surface area contributed by atoms with Crippen LogP contribution < -0.4 is 4.74 Å². The molecule has 1 amide bonds. The van der Waals surface area contributed by atoms with Gasteiger partial charge in [0.05, 0.1) is 0 Å². The summed E-state index contributed by atoms with van der Waals surface area (Å²) >= 11 is 9.33. The third-order valence-corrected chi connectivity index (χ3v) is 5.31. The van der Waals surface area contributed by atoms with Crippen molar-refractivity contribution < 1.29 is 9.53 Å². The number of nitrogens with zero attached hydrogens (tertiary/aromatic N) is 2. The minimum absolute atomic E-state index is 0.0339. The average molecular weight is 438 g/mol. The summed E-state index contributed by atoms with van der Waals surface area (Å²) in [4.78, 5) is 16.8. The molecule has 3 rings (SSSR count). The largest absolute Gasteiger partial charge is 0.484 e. The van der Waals surface area contributed by atoms with Gasteiger partial charge in [0.25, 0.3) is 5.91 Å². The molecule has 0 aromatic heterocycles. The van der Waals surface area contributed by atoms with Gasteiger partial charge in [0, 0.05) is 41.7 Å². The van der Waals surface area contributed by atoms with E-state index < -0.39 is 0 Å². The fourth-order valence-electron chi connectivity index (χ4n) is 3.15. The SMILES string of the molecule is C[C@@H]1CN(Cc2ccc(Cl)cc2)CCN1C(=O)COc1ccc(Br)cc1. The summed E-state index contributed by atoms with van der Waals surface area (Å²) < 4.78 is 6.61. The Hall–Kier alpha value is -1.56. The van der Waals surface area contributed by atoms with Crippen LogP contribution in [0.1, 0.15) is 12.5 Å². The van der Waals surface area contributed by atoms with Gasteiger partial charge in [-0.2, -0.15) is 0 Å². The van der Waals surface area contributed by atoms with Crippen molar-refractivity contribution in [2.75, 3.05) is 26.2 Å². The maximum atomic E-state index is 12.5. The molecule has 0 bridgehead atoms. The molecule has 2 aromatic carbocycles. The summed E-state index contributed by atoms with van der Waals surface area (Å²) in [5, 5.41) is 0.753. The highest BCUT2D eigenvalue weighted by molar-refractivity contribution is 9.10. The van der Waals surface area contributed by atoms with Crippen molar-refractivity contribution in [3.05, 3.63) is 63.6 Å². The van der Waals surface area contributed by atoms with E-state index in [1.165, 1.54) is 5.56 Å². The van der Waals surface area contributed by atoms with Crippen molar-refractivity contribution in [1.82, 2.24) is 9.80 Å². The Morgan fingerprint density at radius 1 is 1.15 bits per heavy atom. The molecule has 2 aromatic rings. The fourth-order valence-corrected chi connectivity index (χ4v) is 3.54. The van der Waals surface area contributed by atoms with E-state index in [2.05, 4.69) is 39.9 Å². The van der Waals surface area contributed by atoms with E-state index in [0.29, 0.717) is 5.75 Å². The molecule has 0 spiro atoms. The topological polar surface area (TPSA) is 32.8 Å². The number of hydrogen-bond acceptors (Lipinski definition) is 3. The number of carbonyl (C=O) groups is 1. The van der Waals surface area contributed by atoms with Crippen LogP contribution in [0.4, 0.5) is 0 Å². The molecule has 6 heteroatoms. The molecule has 1 atom stereocenters. The fraction of sp³-hybridized carbons (Fsp3) is 0.350. The first-order valence-electron chi connectivity index (χ1n) is 8.66. The zero-order chi connectivity index (χ0) is 18.5. The highest BCUT2D eigenvalue weighted by Gasteiger charge is 2.27. The molecule has 1 fully saturated rings. The van der Waals surface area contributed by atoms with Gasteiger partial charge < -0.3 is 9.64 Å². The van der Waals surface area contributed by atoms with Crippen molar-refractivity contribution in [2.45, 2.75) is 19.5 Å². The Kier molecular flexibility index (Phi) is 6.57. The standard InChI is InChI=1S/C20H22BrClN2O2/c1-15-12-23(13-16-2-6-18(22)7-3-16)10-11-24(15)20(25)14-26-19-8-4-17(21)5-9-19/h2-9,15H,10-14H2,1H3/t15-/m1/s1. The van der Waals surface area contributed by atoms with Crippen LogP contribution in [0.3, 0.4) is 0 Å². The second-order valence-electron chi connectivity index (χ2n) is 6.54. The molecule has 0 unspecified atom stereocenters. The number of carbonyl (C=O) groups excluding carboxylic acids is 1. The first-order chi connectivity index (χ1) is 12.5. The van der Waals surface area contributed by atoms with Crippen LogP contribution in [0.15, 0.2) is 53.0 Å². The minimum Gasteiger partial charge on any atom is -0.484 e. The van der Waals surface area contributed by atoms with Crippen LogP contribution in [0.5, 0.6) is 5.75 Å². The predicted molar refractivity (Wildman–Crippen MR) is 108 cm³/mol. The van der Waals surface area contributed by atoms with Gasteiger partial charge in [-0.05, 0) is 48.9 Å². The maximum Gasteiger partial charge on any atom is 0.260 e. The highest BCUT2D eigenvalue weighted by atomic mass is 79.9. The van der Waals surface area contributed by atoms with Crippen LogP contribution in [0, 0.1) is 0 Å². The summed E-state index contributed by atoms with van der Waals surface area (Å²) in [5.74, 6) is 0.738. The van der Waals surface area contributed by atoms with Crippen molar-refractivity contribution in [3.8, 4) is 5.75 Å². The summed E-state index contributed by atoms with van der Waals surface area (Å²) in [6.07, 6.45) is 0. The monoisotopic (exact) mass is 436 g/mol. The third kappa shape index (κ3) is 5.22. The van der Waals surface area contributed by atoms with E-state index in [-0.39, 0.29) is 18.6 Å². The quantitative estimate of drug-likeness (QED) is 0.702. The molecule has 1 heterocycles. The van der Waals surface area contributed by atoms with Gasteiger partial charge >= 0.3 is 0 Å². The zero-order valence-corrected chi connectivity index (χ0v) is 17.0. The molecule has 0 saturated carbocycles. The molecule has 0 radical (unpaired) electrons. The van der Waals surface area contributed by atoms with Crippen molar-refractivity contribution in [1.29, 1.82) is 0 Å². The molecular formula is C20H22BrClN2O2. The summed E-state index contributed by atoms with van der Waals surface area (Å²) in [6.45, 7) is 5.47. The van der Waals surface area contributed by atoms with Crippen molar-refractivity contribution in [2.24, 2.45) is 0 Å².